The van der Waals surface area contributed by atoms with E-state index in [1.54, 1.807) is 24.3 Å². The zero-order chi connectivity index (χ0) is 14.7. The second kappa shape index (κ2) is 5.48. The molecule has 104 valence electrons. The molecule has 2 aliphatic heterocycles. The molecule has 2 amide bonds. The Morgan fingerprint density at radius 2 is 1.60 bits per heavy atom. The van der Waals surface area contributed by atoms with Crippen LogP contribution in [0.4, 0.5) is 9.59 Å². The molecule has 2 heterocycles. The zero-order valence-electron chi connectivity index (χ0n) is 10.9. The lowest BCUT2D eigenvalue weighted by molar-refractivity contribution is 0.170. The molecule has 0 atom stereocenters. The van der Waals surface area contributed by atoms with Crippen molar-refractivity contribution in [1.29, 1.82) is 0 Å². The summed E-state index contributed by atoms with van der Waals surface area (Å²) in [6.45, 7) is 1.88. The van der Waals surface area contributed by atoms with Gasteiger partial charge in [0.2, 0.25) is 0 Å². The van der Waals surface area contributed by atoms with Gasteiger partial charge >= 0.3 is 12.2 Å². The third-order valence-corrected chi connectivity index (χ3v) is 2.99. The normalized spacial score (nSPS) is 17.6. The molecule has 0 bridgehead atoms. The minimum atomic E-state index is -1.05. The number of carbonyl (C=O) groups is 2. The third-order valence-electron chi connectivity index (χ3n) is 2.99. The summed E-state index contributed by atoms with van der Waals surface area (Å²) in [5.74, 6) is 0. The van der Waals surface area contributed by atoms with E-state index >= 15 is 0 Å². The minimum Gasteiger partial charge on any atom is -0.464 e. The quantitative estimate of drug-likeness (QED) is 0.769. The molecule has 0 radical (unpaired) electrons. The summed E-state index contributed by atoms with van der Waals surface area (Å²) in [5, 5.41) is 17.9. The van der Waals surface area contributed by atoms with Crippen molar-refractivity contribution in [2.45, 2.75) is 13.3 Å². The molecule has 6 heteroatoms. The van der Waals surface area contributed by atoms with Gasteiger partial charge in [-0.25, -0.2) is 9.59 Å². The number of amides is 2. The van der Waals surface area contributed by atoms with Crippen molar-refractivity contribution in [1.82, 2.24) is 9.80 Å². The van der Waals surface area contributed by atoms with Gasteiger partial charge in [-0.05, 0) is 41.9 Å². The predicted octanol–water partition coefficient (Wildman–Crippen LogP) is 3.11. The fourth-order valence-electron chi connectivity index (χ4n) is 1.93. The van der Waals surface area contributed by atoms with Crippen LogP contribution in [-0.4, -0.2) is 32.2 Å². The molecule has 0 fully saturated rings. The number of allylic oxidation sites excluding steroid dienone is 7. The average molecular weight is 274 g/mol. The Kier molecular flexibility index (Phi) is 3.74. The molecule has 0 aromatic rings. The number of rotatable bonds is 1. The van der Waals surface area contributed by atoms with Crippen LogP contribution in [0.1, 0.15) is 13.3 Å². The van der Waals surface area contributed by atoms with E-state index in [0.29, 0.717) is 12.1 Å². The van der Waals surface area contributed by atoms with E-state index in [0.717, 1.165) is 16.0 Å². The Morgan fingerprint density at radius 3 is 2.10 bits per heavy atom. The summed E-state index contributed by atoms with van der Waals surface area (Å²) in [6.07, 6.45) is 9.72. The first-order valence-corrected chi connectivity index (χ1v) is 6.05. The molecule has 20 heavy (non-hydrogen) atoms. The van der Waals surface area contributed by atoms with Crippen LogP contribution in [0.3, 0.4) is 0 Å². The molecule has 0 spiro atoms. The summed E-state index contributed by atoms with van der Waals surface area (Å²) < 4.78 is 0. The van der Waals surface area contributed by atoms with Crippen LogP contribution in [0, 0.1) is 0 Å². The maximum absolute atomic E-state index is 11.0. The van der Waals surface area contributed by atoms with Crippen LogP contribution in [-0.2, 0) is 0 Å². The molecule has 0 unspecified atom stereocenters. The molecule has 2 rings (SSSR count). The predicted molar refractivity (Wildman–Crippen MR) is 72.5 cm³/mol. The van der Waals surface area contributed by atoms with E-state index in [1.165, 1.54) is 23.5 Å². The van der Waals surface area contributed by atoms with Crippen molar-refractivity contribution in [2.24, 2.45) is 0 Å². The molecular formula is C14H14N2O4. The first kappa shape index (κ1) is 13.7. The van der Waals surface area contributed by atoms with Gasteiger partial charge in [-0.1, -0.05) is 6.92 Å². The maximum atomic E-state index is 11.0. The summed E-state index contributed by atoms with van der Waals surface area (Å²) in [7, 11) is 0. The van der Waals surface area contributed by atoms with Crippen LogP contribution in [0.2, 0.25) is 0 Å². The van der Waals surface area contributed by atoms with E-state index < -0.39 is 12.2 Å². The molecule has 0 saturated heterocycles. The molecule has 2 N–H and O–H groups in total. The summed E-state index contributed by atoms with van der Waals surface area (Å²) >= 11 is 0. The molecule has 0 saturated carbocycles. The van der Waals surface area contributed by atoms with Gasteiger partial charge in [-0.3, -0.25) is 9.80 Å². The van der Waals surface area contributed by atoms with Gasteiger partial charge < -0.3 is 10.2 Å². The van der Waals surface area contributed by atoms with Crippen molar-refractivity contribution < 1.29 is 19.8 Å². The van der Waals surface area contributed by atoms with Gasteiger partial charge in [0.15, 0.2) is 0 Å². The van der Waals surface area contributed by atoms with Crippen molar-refractivity contribution in [2.75, 3.05) is 0 Å². The topological polar surface area (TPSA) is 81.1 Å². The summed E-state index contributed by atoms with van der Waals surface area (Å²) in [6, 6.07) is 0. The van der Waals surface area contributed by atoms with Crippen LogP contribution >= 0.6 is 0 Å². The fraction of sp³-hybridized carbons (Fsp3) is 0.143. The highest BCUT2D eigenvalue weighted by atomic mass is 16.4. The van der Waals surface area contributed by atoms with Crippen LogP contribution in [0.5, 0.6) is 0 Å². The van der Waals surface area contributed by atoms with Crippen molar-refractivity contribution in [3.8, 4) is 0 Å². The van der Waals surface area contributed by atoms with Gasteiger partial charge in [-0.15, -0.1) is 0 Å². The van der Waals surface area contributed by atoms with Gasteiger partial charge in [-0.2, -0.15) is 0 Å². The molecular weight excluding hydrogens is 260 g/mol. The highest BCUT2D eigenvalue weighted by molar-refractivity contribution is 5.71. The van der Waals surface area contributed by atoms with Crippen LogP contribution in [0.15, 0.2) is 59.7 Å². The van der Waals surface area contributed by atoms with E-state index in [-0.39, 0.29) is 0 Å². The highest BCUT2D eigenvalue weighted by Gasteiger charge is 2.17. The van der Waals surface area contributed by atoms with E-state index in [2.05, 4.69) is 0 Å². The Morgan fingerprint density at radius 1 is 1.00 bits per heavy atom. The lowest BCUT2D eigenvalue weighted by Gasteiger charge is -2.22. The number of carboxylic acid groups (broad SMARTS) is 2. The molecule has 6 nitrogen and oxygen atoms in total. The first-order valence-electron chi connectivity index (χ1n) is 6.05. The van der Waals surface area contributed by atoms with E-state index in [9.17, 15) is 9.59 Å². The lowest BCUT2D eigenvalue weighted by Crippen LogP contribution is -2.24. The Labute approximate surface area is 115 Å². The lowest BCUT2D eigenvalue weighted by atomic mass is 10.0. The molecule has 0 aromatic carbocycles. The Balaban J connectivity index is 2.30. The van der Waals surface area contributed by atoms with Gasteiger partial charge in [0.25, 0.3) is 0 Å². The summed E-state index contributed by atoms with van der Waals surface area (Å²) in [4.78, 5) is 24.0. The zero-order valence-corrected chi connectivity index (χ0v) is 10.9. The standard InChI is InChI=1S/C14H14N2O4/c1-2-12-9-11(5-8-16(12)14(19)20)10-3-6-15(7-4-10)13(17)18/h3-9H,2H2,1H3,(H,17,18)(H,19,20). The highest BCUT2D eigenvalue weighted by Crippen LogP contribution is 2.24. The van der Waals surface area contributed by atoms with Crippen LogP contribution < -0.4 is 0 Å². The number of hydrogen-bond donors (Lipinski definition) is 2. The second-order valence-electron chi connectivity index (χ2n) is 4.19. The largest absolute Gasteiger partial charge is 0.464 e. The van der Waals surface area contributed by atoms with E-state index in [4.69, 9.17) is 10.2 Å². The van der Waals surface area contributed by atoms with Gasteiger partial charge in [0.05, 0.1) is 0 Å². The van der Waals surface area contributed by atoms with Crippen LogP contribution in [0.25, 0.3) is 0 Å². The second-order valence-corrected chi connectivity index (χ2v) is 4.19. The summed E-state index contributed by atoms with van der Waals surface area (Å²) in [5.41, 5.74) is 2.34. The smallest absolute Gasteiger partial charge is 0.415 e. The maximum Gasteiger partial charge on any atom is 0.415 e. The number of nitrogens with zero attached hydrogens (tertiary/aromatic N) is 2. The van der Waals surface area contributed by atoms with Crippen molar-refractivity contribution in [3.63, 3.8) is 0 Å². The Hall–Kier alpha value is -2.76. The first-order chi connectivity index (χ1) is 9.52. The number of hydrogen-bond acceptors (Lipinski definition) is 2. The van der Waals surface area contributed by atoms with E-state index in [1.807, 2.05) is 6.92 Å². The van der Waals surface area contributed by atoms with Gasteiger partial charge in [0.1, 0.15) is 0 Å². The molecule has 0 aliphatic carbocycles. The van der Waals surface area contributed by atoms with Crippen molar-refractivity contribution in [3.05, 3.63) is 59.7 Å². The fourth-order valence-corrected chi connectivity index (χ4v) is 1.93. The van der Waals surface area contributed by atoms with Gasteiger partial charge in [0, 0.05) is 24.3 Å². The minimum absolute atomic E-state index is 0.585. The Bertz CT molecular complexity index is 580. The molecule has 2 aliphatic rings. The monoisotopic (exact) mass is 274 g/mol. The SMILES string of the molecule is CCC1=CC(=C2C=CN(C(=O)O)C=C2)C=CN1C(=O)O. The van der Waals surface area contributed by atoms with Crippen molar-refractivity contribution >= 4 is 12.2 Å². The average Bonchev–Trinajstić information content (AvgIpc) is 2.46. The molecule has 0 aromatic heterocycles. The third kappa shape index (κ3) is 2.64.